The van der Waals surface area contributed by atoms with Crippen LogP contribution in [0.5, 0.6) is 5.75 Å². The van der Waals surface area contributed by atoms with Crippen molar-refractivity contribution in [1.29, 1.82) is 0 Å². The average Bonchev–Trinajstić information content (AvgIpc) is 2.89. The molecule has 76 valence electrons. The van der Waals surface area contributed by atoms with E-state index in [0.717, 1.165) is 18.6 Å². The van der Waals surface area contributed by atoms with Crippen molar-refractivity contribution in [2.45, 2.75) is 32.2 Å². The van der Waals surface area contributed by atoms with E-state index in [0.29, 0.717) is 0 Å². The SMILES string of the molecule is COc1ccc(C)c(C)c1C1(N)CC1. The highest BCUT2D eigenvalue weighted by atomic mass is 16.5. The number of methoxy groups -OCH3 is 1. The molecule has 0 atom stereocenters. The topological polar surface area (TPSA) is 35.2 Å². The lowest BCUT2D eigenvalue weighted by atomic mass is 9.95. The molecule has 2 rings (SSSR count). The van der Waals surface area contributed by atoms with Gasteiger partial charge >= 0.3 is 0 Å². The second kappa shape index (κ2) is 2.99. The molecule has 0 saturated heterocycles. The normalized spacial score (nSPS) is 18.0. The first kappa shape index (κ1) is 9.53. The van der Waals surface area contributed by atoms with Gasteiger partial charge in [-0.25, -0.2) is 0 Å². The van der Waals surface area contributed by atoms with Crippen LogP contribution in [-0.2, 0) is 5.54 Å². The third-order valence-electron chi connectivity index (χ3n) is 3.20. The minimum Gasteiger partial charge on any atom is -0.496 e. The third kappa shape index (κ3) is 1.30. The smallest absolute Gasteiger partial charge is 0.124 e. The number of hydrogen-bond acceptors (Lipinski definition) is 2. The van der Waals surface area contributed by atoms with E-state index in [2.05, 4.69) is 19.9 Å². The molecule has 2 heteroatoms. The first-order valence-electron chi connectivity index (χ1n) is 5.02. The highest BCUT2D eigenvalue weighted by Gasteiger charge is 2.43. The molecule has 0 aliphatic heterocycles. The number of hydrogen-bond donors (Lipinski definition) is 1. The highest BCUT2D eigenvalue weighted by molar-refractivity contribution is 5.50. The van der Waals surface area contributed by atoms with Crippen LogP contribution in [0.2, 0.25) is 0 Å². The molecular formula is C12H17NO. The maximum Gasteiger partial charge on any atom is 0.124 e. The first-order valence-corrected chi connectivity index (χ1v) is 5.02. The predicted octanol–water partition coefficient (Wildman–Crippen LogP) is 2.26. The molecule has 0 bridgehead atoms. The molecule has 1 aromatic carbocycles. The number of ether oxygens (including phenoxy) is 1. The molecule has 1 aliphatic carbocycles. The largest absolute Gasteiger partial charge is 0.496 e. The second-order valence-corrected chi connectivity index (χ2v) is 4.24. The van der Waals surface area contributed by atoms with Crippen LogP contribution in [0.25, 0.3) is 0 Å². The molecule has 1 aromatic rings. The van der Waals surface area contributed by atoms with Gasteiger partial charge in [0.2, 0.25) is 0 Å². The Hall–Kier alpha value is -1.02. The number of rotatable bonds is 2. The van der Waals surface area contributed by atoms with Gasteiger partial charge in [0.1, 0.15) is 5.75 Å². The van der Waals surface area contributed by atoms with Crippen LogP contribution >= 0.6 is 0 Å². The lowest BCUT2D eigenvalue weighted by molar-refractivity contribution is 0.403. The molecule has 0 heterocycles. The molecule has 1 fully saturated rings. The fourth-order valence-electron chi connectivity index (χ4n) is 1.96. The summed E-state index contributed by atoms with van der Waals surface area (Å²) in [5, 5.41) is 0. The van der Waals surface area contributed by atoms with Gasteiger partial charge in [0.15, 0.2) is 0 Å². The van der Waals surface area contributed by atoms with Gasteiger partial charge in [0.05, 0.1) is 7.11 Å². The van der Waals surface area contributed by atoms with E-state index in [4.69, 9.17) is 10.5 Å². The summed E-state index contributed by atoms with van der Waals surface area (Å²) in [4.78, 5) is 0. The van der Waals surface area contributed by atoms with Crippen molar-refractivity contribution in [3.63, 3.8) is 0 Å². The summed E-state index contributed by atoms with van der Waals surface area (Å²) in [5.74, 6) is 0.938. The minimum atomic E-state index is -0.110. The molecule has 0 unspecified atom stereocenters. The summed E-state index contributed by atoms with van der Waals surface area (Å²) in [7, 11) is 1.71. The average molecular weight is 191 g/mol. The van der Waals surface area contributed by atoms with Crippen molar-refractivity contribution in [2.75, 3.05) is 7.11 Å². The molecule has 2 nitrogen and oxygen atoms in total. The van der Waals surface area contributed by atoms with Gasteiger partial charge in [0.25, 0.3) is 0 Å². The second-order valence-electron chi connectivity index (χ2n) is 4.24. The molecule has 1 aliphatic rings. The standard InChI is InChI=1S/C12H17NO/c1-8-4-5-10(14-3)11(9(8)2)12(13)6-7-12/h4-5H,6-7,13H2,1-3H3. The van der Waals surface area contributed by atoms with Gasteiger partial charge in [-0.05, 0) is 43.9 Å². The summed E-state index contributed by atoms with van der Waals surface area (Å²) in [6.07, 6.45) is 2.15. The van der Waals surface area contributed by atoms with Gasteiger partial charge in [0, 0.05) is 11.1 Å². The van der Waals surface area contributed by atoms with E-state index in [1.807, 2.05) is 6.07 Å². The van der Waals surface area contributed by atoms with E-state index in [1.54, 1.807) is 7.11 Å². The summed E-state index contributed by atoms with van der Waals surface area (Å²) >= 11 is 0. The summed E-state index contributed by atoms with van der Waals surface area (Å²) in [6, 6.07) is 4.11. The van der Waals surface area contributed by atoms with Crippen LogP contribution in [-0.4, -0.2) is 7.11 Å². The predicted molar refractivity (Wildman–Crippen MR) is 57.6 cm³/mol. The molecular weight excluding hydrogens is 174 g/mol. The van der Waals surface area contributed by atoms with Crippen molar-refractivity contribution >= 4 is 0 Å². The van der Waals surface area contributed by atoms with E-state index in [-0.39, 0.29) is 5.54 Å². The van der Waals surface area contributed by atoms with Gasteiger partial charge in [-0.2, -0.15) is 0 Å². The molecule has 2 N–H and O–H groups in total. The van der Waals surface area contributed by atoms with E-state index >= 15 is 0 Å². The lowest BCUT2D eigenvalue weighted by Gasteiger charge is -2.18. The Labute approximate surface area is 85.1 Å². The Bertz CT molecular complexity index is 367. The Morgan fingerprint density at radius 1 is 1.29 bits per heavy atom. The summed E-state index contributed by atoms with van der Waals surface area (Å²) in [6.45, 7) is 4.24. The summed E-state index contributed by atoms with van der Waals surface area (Å²) in [5.41, 5.74) is 9.90. The van der Waals surface area contributed by atoms with Crippen LogP contribution in [0.3, 0.4) is 0 Å². The zero-order chi connectivity index (χ0) is 10.3. The molecule has 0 spiro atoms. The van der Waals surface area contributed by atoms with E-state index in [1.165, 1.54) is 16.7 Å². The third-order valence-corrected chi connectivity index (χ3v) is 3.20. The fourth-order valence-corrected chi connectivity index (χ4v) is 1.96. The van der Waals surface area contributed by atoms with Crippen molar-refractivity contribution in [1.82, 2.24) is 0 Å². The maximum atomic E-state index is 6.23. The zero-order valence-corrected chi connectivity index (χ0v) is 9.05. The van der Waals surface area contributed by atoms with Crippen LogP contribution in [0.4, 0.5) is 0 Å². The van der Waals surface area contributed by atoms with Crippen LogP contribution in [0, 0.1) is 13.8 Å². The van der Waals surface area contributed by atoms with E-state index in [9.17, 15) is 0 Å². The fraction of sp³-hybridized carbons (Fsp3) is 0.500. The van der Waals surface area contributed by atoms with Gasteiger partial charge in [-0.15, -0.1) is 0 Å². The number of benzene rings is 1. The van der Waals surface area contributed by atoms with Gasteiger partial charge in [-0.1, -0.05) is 6.07 Å². The molecule has 0 aromatic heterocycles. The Morgan fingerprint density at radius 3 is 2.43 bits per heavy atom. The van der Waals surface area contributed by atoms with Crippen molar-refractivity contribution in [3.05, 3.63) is 28.8 Å². The monoisotopic (exact) mass is 191 g/mol. The minimum absolute atomic E-state index is 0.110. The molecule has 0 radical (unpaired) electrons. The van der Waals surface area contributed by atoms with Gasteiger partial charge < -0.3 is 10.5 Å². The quantitative estimate of drug-likeness (QED) is 0.778. The number of aryl methyl sites for hydroxylation is 1. The van der Waals surface area contributed by atoms with Crippen molar-refractivity contribution < 1.29 is 4.74 Å². The molecule has 1 saturated carbocycles. The Kier molecular flexibility index (Phi) is 2.04. The lowest BCUT2D eigenvalue weighted by Crippen LogP contribution is -2.21. The molecule has 14 heavy (non-hydrogen) atoms. The first-order chi connectivity index (χ1) is 6.58. The summed E-state index contributed by atoms with van der Waals surface area (Å²) < 4.78 is 5.37. The Balaban J connectivity index is 2.59. The van der Waals surface area contributed by atoms with Crippen LogP contribution in [0.15, 0.2) is 12.1 Å². The van der Waals surface area contributed by atoms with E-state index < -0.39 is 0 Å². The zero-order valence-electron chi connectivity index (χ0n) is 9.05. The van der Waals surface area contributed by atoms with Gasteiger partial charge in [-0.3, -0.25) is 0 Å². The van der Waals surface area contributed by atoms with Crippen molar-refractivity contribution in [3.8, 4) is 5.75 Å². The maximum absolute atomic E-state index is 6.23. The molecule has 0 amide bonds. The van der Waals surface area contributed by atoms with Crippen LogP contribution in [0.1, 0.15) is 29.5 Å². The number of nitrogens with two attached hydrogens (primary N) is 1. The van der Waals surface area contributed by atoms with Crippen LogP contribution < -0.4 is 10.5 Å². The Morgan fingerprint density at radius 2 is 1.93 bits per heavy atom. The van der Waals surface area contributed by atoms with Crippen molar-refractivity contribution in [2.24, 2.45) is 5.73 Å². The highest BCUT2D eigenvalue weighted by Crippen LogP contribution is 2.48.